The lowest BCUT2D eigenvalue weighted by Crippen LogP contribution is -2.37. The molecule has 0 radical (unpaired) electrons. The second-order valence-electron chi connectivity index (χ2n) is 7.73. The summed E-state index contributed by atoms with van der Waals surface area (Å²) < 4.78 is 13.6. The summed E-state index contributed by atoms with van der Waals surface area (Å²) >= 11 is 1.43. The maximum atomic E-state index is 11.7. The number of esters is 1. The lowest BCUT2D eigenvalue weighted by Gasteiger charge is -2.28. The van der Waals surface area contributed by atoms with Crippen molar-refractivity contribution in [2.75, 3.05) is 43.0 Å². The highest BCUT2D eigenvalue weighted by Gasteiger charge is 2.18. The van der Waals surface area contributed by atoms with Crippen LogP contribution in [0.4, 0.5) is 17.2 Å². The van der Waals surface area contributed by atoms with Gasteiger partial charge < -0.3 is 19.1 Å². The number of anilines is 2. The van der Waals surface area contributed by atoms with Crippen molar-refractivity contribution in [1.82, 2.24) is 9.97 Å². The summed E-state index contributed by atoms with van der Waals surface area (Å²) in [4.78, 5) is 28.6. The first-order chi connectivity index (χ1) is 16.5. The molecule has 0 amide bonds. The molecule has 0 atom stereocenters. The Morgan fingerprint density at radius 1 is 1.12 bits per heavy atom. The third-order valence-corrected chi connectivity index (χ3v) is 6.25. The molecule has 176 valence electrons. The number of nitrogens with one attached hydrogen (secondary N) is 1. The topological polar surface area (TPSA) is 88.9 Å². The molecule has 0 spiro atoms. The van der Waals surface area contributed by atoms with Crippen LogP contribution in [-0.4, -0.2) is 55.1 Å². The zero-order valence-corrected chi connectivity index (χ0v) is 20.3. The molecule has 2 heterocycles. The summed E-state index contributed by atoms with van der Waals surface area (Å²) in [6.45, 7) is 6.90. The van der Waals surface area contributed by atoms with Crippen LogP contribution in [0.25, 0.3) is 0 Å². The number of benzene rings is 2. The van der Waals surface area contributed by atoms with Gasteiger partial charge in [-0.25, -0.2) is 19.8 Å². The Morgan fingerprint density at radius 3 is 2.62 bits per heavy atom. The molecule has 2 aromatic carbocycles. The molecule has 4 rings (SSSR count). The molecule has 1 aliphatic heterocycles. The average molecular weight is 478 g/mol. The number of ether oxygens (including phenoxy) is 2. The van der Waals surface area contributed by atoms with Crippen LogP contribution < -0.4 is 9.62 Å². The van der Waals surface area contributed by atoms with Crippen LogP contribution in [0.15, 0.2) is 64.7 Å². The lowest BCUT2D eigenvalue weighted by atomic mass is 10.1. The van der Waals surface area contributed by atoms with Gasteiger partial charge in [0.15, 0.2) is 5.82 Å². The quantitative estimate of drug-likeness (QED) is 0.298. The molecule has 0 unspecified atom stereocenters. The maximum absolute atomic E-state index is 11.7. The van der Waals surface area contributed by atoms with Crippen molar-refractivity contribution in [3.05, 3.63) is 71.7 Å². The summed E-state index contributed by atoms with van der Waals surface area (Å²) in [5.41, 5.74) is 5.01. The fourth-order valence-electron chi connectivity index (χ4n) is 3.53. The number of aryl methyl sites for hydroxylation is 1. The van der Waals surface area contributed by atoms with Gasteiger partial charge in [0.1, 0.15) is 12.0 Å². The molecular formula is C25H27N5O3S. The Morgan fingerprint density at radius 2 is 1.88 bits per heavy atom. The molecule has 1 N–H and O–H groups in total. The predicted molar refractivity (Wildman–Crippen MR) is 135 cm³/mol. The van der Waals surface area contributed by atoms with Gasteiger partial charge in [-0.2, -0.15) is 0 Å². The summed E-state index contributed by atoms with van der Waals surface area (Å²) in [5.74, 6) is 0.497. The fourth-order valence-corrected chi connectivity index (χ4v) is 4.23. The van der Waals surface area contributed by atoms with Crippen molar-refractivity contribution in [2.45, 2.75) is 18.7 Å². The first-order valence-electron chi connectivity index (χ1n) is 11.0. The SMILES string of the molecule is COC(=O)c1cccc(SNc2ccc(C(C)=Nc3c(C)ncnc3N3CCOCC3)cc2)c1. The molecule has 9 heteroatoms. The Hall–Kier alpha value is -3.43. The highest BCUT2D eigenvalue weighted by atomic mass is 32.2. The third-order valence-electron chi connectivity index (χ3n) is 5.42. The van der Waals surface area contributed by atoms with Gasteiger partial charge in [-0.3, -0.25) is 0 Å². The highest BCUT2D eigenvalue weighted by Crippen LogP contribution is 2.30. The second-order valence-corrected chi connectivity index (χ2v) is 8.61. The van der Waals surface area contributed by atoms with E-state index in [-0.39, 0.29) is 5.97 Å². The Balaban J connectivity index is 1.47. The first-order valence-corrected chi connectivity index (χ1v) is 11.8. The third kappa shape index (κ3) is 5.73. The van der Waals surface area contributed by atoms with Gasteiger partial charge in [0.2, 0.25) is 0 Å². The molecule has 8 nitrogen and oxygen atoms in total. The van der Waals surface area contributed by atoms with E-state index < -0.39 is 0 Å². The number of carbonyl (C=O) groups is 1. The van der Waals surface area contributed by atoms with Crippen molar-refractivity contribution >= 4 is 40.8 Å². The molecule has 0 bridgehead atoms. The number of aromatic nitrogens is 2. The smallest absolute Gasteiger partial charge is 0.337 e. The van der Waals surface area contributed by atoms with Crippen molar-refractivity contribution in [3.8, 4) is 0 Å². The number of rotatable bonds is 7. The summed E-state index contributed by atoms with van der Waals surface area (Å²) in [6.07, 6.45) is 1.59. The fraction of sp³-hybridized carbons (Fsp3) is 0.280. The summed E-state index contributed by atoms with van der Waals surface area (Å²) in [6, 6.07) is 15.4. The van der Waals surface area contributed by atoms with Crippen LogP contribution in [0.3, 0.4) is 0 Å². The molecule has 1 saturated heterocycles. The Kier molecular flexibility index (Phi) is 7.76. The highest BCUT2D eigenvalue weighted by molar-refractivity contribution is 8.00. The maximum Gasteiger partial charge on any atom is 0.337 e. The minimum Gasteiger partial charge on any atom is -0.465 e. The number of nitrogens with zero attached hydrogens (tertiary/aromatic N) is 4. The molecule has 0 aliphatic carbocycles. The van der Waals surface area contributed by atoms with E-state index in [1.807, 2.05) is 50.2 Å². The molecule has 1 aromatic heterocycles. The van der Waals surface area contributed by atoms with E-state index in [2.05, 4.69) is 19.6 Å². The van der Waals surface area contributed by atoms with Gasteiger partial charge in [-0.1, -0.05) is 18.2 Å². The largest absolute Gasteiger partial charge is 0.465 e. The molecule has 0 saturated carbocycles. The van der Waals surface area contributed by atoms with E-state index in [0.717, 1.165) is 52.1 Å². The first kappa shape index (κ1) is 23.7. The molecule has 1 aliphatic rings. The Labute approximate surface area is 203 Å². The Bertz CT molecular complexity index is 1180. The van der Waals surface area contributed by atoms with Crippen molar-refractivity contribution < 1.29 is 14.3 Å². The summed E-state index contributed by atoms with van der Waals surface area (Å²) in [5, 5.41) is 0. The molecular weight excluding hydrogens is 450 g/mol. The van der Waals surface area contributed by atoms with Crippen molar-refractivity contribution in [2.24, 2.45) is 4.99 Å². The minimum absolute atomic E-state index is 0.350. The molecule has 34 heavy (non-hydrogen) atoms. The van der Waals surface area contributed by atoms with E-state index in [9.17, 15) is 4.79 Å². The second kappa shape index (κ2) is 11.1. The van der Waals surface area contributed by atoms with Crippen LogP contribution in [0.5, 0.6) is 0 Å². The molecule has 1 fully saturated rings. The predicted octanol–water partition coefficient (Wildman–Crippen LogP) is 4.67. The lowest BCUT2D eigenvalue weighted by molar-refractivity contribution is 0.0600. The van der Waals surface area contributed by atoms with Crippen LogP contribution in [0, 0.1) is 6.92 Å². The van der Waals surface area contributed by atoms with Gasteiger partial charge in [-0.05, 0) is 61.7 Å². The standard InChI is InChI=1S/C25H27N5O3S/c1-17(28-23-18(2)26-16-27-24(23)30-11-13-33-14-12-30)19-7-9-21(10-8-19)29-34-22-6-4-5-20(15-22)25(31)32-3/h4-10,15-16,29H,11-14H2,1-3H3. The number of hydrogen-bond acceptors (Lipinski definition) is 9. The molecule has 3 aromatic rings. The van der Waals surface area contributed by atoms with Gasteiger partial charge in [-0.15, -0.1) is 0 Å². The average Bonchev–Trinajstić information content (AvgIpc) is 2.89. The summed E-state index contributed by atoms with van der Waals surface area (Å²) in [7, 11) is 1.38. The van der Waals surface area contributed by atoms with Crippen molar-refractivity contribution in [1.29, 1.82) is 0 Å². The number of hydrogen-bond donors (Lipinski definition) is 1. The number of morpholine rings is 1. The van der Waals surface area contributed by atoms with Crippen molar-refractivity contribution in [3.63, 3.8) is 0 Å². The van der Waals surface area contributed by atoms with Crippen LogP contribution in [-0.2, 0) is 9.47 Å². The van der Waals surface area contributed by atoms with Crippen LogP contribution >= 0.6 is 11.9 Å². The minimum atomic E-state index is -0.350. The van der Waals surface area contributed by atoms with E-state index >= 15 is 0 Å². The van der Waals surface area contributed by atoms with Gasteiger partial charge in [0.25, 0.3) is 0 Å². The van der Waals surface area contributed by atoms with Gasteiger partial charge in [0, 0.05) is 29.4 Å². The van der Waals surface area contributed by atoms with E-state index in [0.29, 0.717) is 18.8 Å². The van der Waals surface area contributed by atoms with E-state index in [4.69, 9.17) is 14.5 Å². The normalized spacial score (nSPS) is 14.1. The van der Waals surface area contributed by atoms with Crippen LogP contribution in [0.2, 0.25) is 0 Å². The zero-order valence-electron chi connectivity index (χ0n) is 19.4. The van der Waals surface area contributed by atoms with Crippen LogP contribution in [0.1, 0.15) is 28.5 Å². The number of carbonyl (C=O) groups excluding carboxylic acids is 1. The zero-order chi connectivity index (χ0) is 23.9. The number of methoxy groups -OCH3 is 1. The van der Waals surface area contributed by atoms with Gasteiger partial charge >= 0.3 is 5.97 Å². The monoisotopic (exact) mass is 477 g/mol. The van der Waals surface area contributed by atoms with Gasteiger partial charge in [0.05, 0.1) is 31.6 Å². The van der Waals surface area contributed by atoms with E-state index in [1.165, 1.54) is 19.1 Å². The van der Waals surface area contributed by atoms with E-state index in [1.54, 1.807) is 18.5 Å². The number of aliphatic imine (C=N–C) groups is 1.